The van der Waals surface area contributed by atoms with Crippen molar-refractivity contribution < 1.29 is 5.11 Å². The fraction of sp³-hybridized carbons (Fsp3) is 0.667. The molecule has 0 amide bonds. The fourth-order valence-corrected chi connectivity index (χ4v) is 0.337. The van der Waals surface area contributed by atoms with E-state index in [1.165, 1.54) is 6.34 Å². The first kappa shape index (κ1) is 3.61. The third-order valence-electron chi connectivity index (χ3n) is 0.623. The Morgan fingerprint density at radius 2 is 2.83 bits per heavy atom. The van der Waals surface area contributed by atoms with Crippen LogP contribution in [0.15, 0.2) is 4.99 Å². The van der Waals surface area contributed by atoms with Gasteiger partial charge in [-0.1, -0.05) is 0 Å². The number of hydrogen-bond acceptors (Lipinski definition) is 2. The van der Waals surface area contributed by atoms with Gasteiger partial charge in [0.25, 0.3) is 0 Å². The Kier molecular flexibility index (Phi) is 0.759. The van der Waals surface area contributed by atoms with E-state index in [-0.39, 0.29) is 0 Å². The number of nitrogens with one attached hydrogen (secondary N) is 1. The molecule has 1 heterocycles. The van der Waals surface area contributed by atoms with Gasteiger partial charge in [0.2, 0.25) is 0 Å². The first-order chi connectivity index (χ1) is 2.89. The zero-order chi connectivity index (χ0) is 4.41. The molecule has 33 valence electrons. The first-order valence-corrected chi connectivity index (χ1v) is 1.80. The van der Waals surface area contributed by atoms with Crippen LogP contribution >= 0.6 is 0 Å². The molecule has 0 fully saturated rings. The topological polar surface area (TPSA) is 44.3 Å². The number of aliphatic imine (C=N–C) groups is 1. The highest BCUT2D eigenvalue weighted by molar-refractivity contribution is 5.56. The Hall–Kier alpha value is -0.570. The zero-order valence-electron chi connectivity index (χ0n) is 3.22. The van der Waals surface area contributed by atoms with Crippen molar-refractivity contribution in [2.45, 2.75) is 6.23 Å². The molecule has 0 saturated carbocycles. The standard InChI is InChI=1S/C3H5N2O/c6-3-1-4-2-5-3/h2-3H,1H2,(H,4,5). The molecular weight excluding hydrogens is 80.0 g/mol. The molecule has 0 aromatic carbocycles. The normalized spacial score (nSPS) is 30.5. The molecule has 0 aromatic heterocycles. The van der Waals surface area contributed by atoms with Crippen molar-refractivity contribution >= 4 is 6.34 Å². The van der Waals surface area contributed by atoms with Gasteiger partial charge in [0.15, 0.2) is 6.23 Å². The first-order valence-electron chi connectivity index (χ1n) is 1.80. The van der Waals surface area contributed by atoms with Crippen molar-refractivity contribution in [1.82, 2.24) is 5.32 Å². The second kappa shape index (κ2) is 1.26. The number of hydrogen-bond donors (Lipinski definition) is 1. The highest BCUT2D eigenvalue weighted by Crippen LogP contribution is 1.82. The summed E-state index contributed by atoms with van der Waals surface area (Å²) in [6.45, 7) is 0.389. The van der Waals surface area contributed by atoms with E-state index >= 15 is 0 Å². The highest BCUT2D eigenvalue weighted by atomic mass is 16.3. The van der Waals surface area contributed by atoms with Gasteiger partial charge in [0.05, 0.1) is 12.9 Å². The van der Waals surface area contributed by atoms with Crippen LogP contribution in [0.25, 0.3) is 0 Å². The van der Waals surface area contributed by atoms with Crippen LogP contribution in [0.4, 0.5) is 0 Å². The van der Waals surface area contributed by atoms with E-state index in [1.54, 1.807) is 0 Å². The molecule has 1 aliphatic rings. The molecule has 1 unspecified atom stereocenters. The Balaban J connectivity index is 2.32. The number of rotatable bonds is 0. The Morgan fingerprint density at radius 1 is 2.00 bits per heavy atom. The van der Waals surface area contributed by atoms with Crippen molar-refractivity contribution in [3.63, 3.8) is 0 Å². The van der Waals surface area contributed by atoms with Gasteiger partial charge in [0.1, 0.15) is 0 Å². The second-order valence-corrected chi connectivity index (χ2v) is 1.15. The molecule has 3 heteroatoms. The molecule has 1 N–H and O–H groups in total. The lowest BCUT2D eigenvalue weighted by molar-refractivity contribution is 0.0927. The zero-order valence-corrected chi connectivity index (χ0v) is 3.22. The van der Waals surface area contributed by atoms with E-state index in [4.69, 9.17) is 0 Å². The van der Waals surface area contributed by atoms with Gasteiger partial charge in [-0.3, -0.25) is 4.99 Å². The lowest BCUT2D eigenvalue weighted by Gasteiger charge is -1.90. The Bertz CT molecular complexity index is 63.2. The van der Waals surface area contributed by atoms with Crippen LogP contribution in [0.5, 0.6) is 0 Å². The predicted octanol–water partition coefficient (Wildman–Crippen LogP) is -0.626. The van der Waals surface area contributed by atoms with Crippen LogP contribution in [0.2, 0.25) is 0 Å². The minimum atomic E-state index is -0.676. The summed E-state index contributed by atoms with van der Waals surface area (Å²) in [5, 5.41) is 12.6. The summed E-state index contributed by atoms with van der Waals surface area (Å²) in [5.41, 5.74) is 0. The maximum atomic E-state index is 10.1. The smallest absolute Gasteiger partial charge is 0.183 e. The molecule has 0 bridgehead atoms. The van der Waals surface area contributed by atoms with Crippen LogP contribution in [0, 0.1) is 0 Å². The maximum Gasteiger partial charge on any atom is 0.183 e. The lowest BCUT2D eigenvalue weighted by Crippen LogP contribution is -2.21. The average Bonchev–Trinajstić information content (AvgIpc) is 1.86. The molecule has 0 aromatic rings. The van der Waals surface area contributed by atoms with Crippen molar-refractivity contribution in [2.24, 2.45) is 4.99 Å². The molecular formula is C3H5N2O. The van der Waals surface area contributed by atoms with Gasteiger partial charge in [-0.05, 0) is 0 Å². The molecule has 0 saturated heterocycles. The lowest BCUT2D eigenvalue weighted by atomic mass is 10.6. The van der Waals surface area contributed by atoms with Crippen molar-refractivity contribution in [2.75, 3.05) is 6.54 Å². The van der Waals surface area contributed by atoms with Crippen LogP contribution in [0.1, 0.15) is 0 Å². The quantitative estimate of drug-likeness (QED) is 0.418. The monoisotopic (exact) mass is 85.0 g/mol. The van der Waals surface area contributed by atoms with Crippen LogP contribution in [0.3, 0.4) is 0 Å². The maximum absolute atomic E-state index is 10.1. The predicted molar refractivity (Wildman–Crippen MR) is 21.0 cm³/mol. The molecule has 6 heavy (non-hydrogen) atoms. The summed E-state index contributed by atoms with van der Waals surface area (Å²) >= 11 is 0. The molecule has 3 nitrogen and oxygen atoms in total. The summed E-state index contributed by atoms with van der Waals surface area (Å²) in [4.78, 5) is 3.62. The second-order valence-electron chi connectivity index (χ2n) is 1.15. The van der Waals surface area contributed by atoms with Gasteiger partial charge in [-0.15, -0.1) is 0 Å². The van der Waals surface area contributed by atoms with Crippen LogP contribution in [-0.2, 0) is 5.11 Å². The Labute approximate surface area is 35.7 Å². The Morgan fingerprint density at radius 3 is 3.00 bits per heavy atom. The summed E-state index contributed by atoms with van der Waals surface area (Å²) in [5.74, 6) is 0. The largest absolute Gasteiger partial charge is 0.347 e. The van der Waals surface area contributed by atoms with Gasteiger partial charge >= 0.3 is 0 Å². The van der Waals surface area contributed by atoms with E-state index in [0.29, 0.717) is 6.54 Å². The molecule has 1 radical (unpaired) electrons. The van der Waals surface area contributed by atoms with Crippen molar-refractivity contribution in [3.8, 4) is 0 Å². The average molecular weight is 85.1 g/mol. The molecule has 0 spiro atoms. The van der Waals surface area contributed by atoms with Crippen molar-refractivity contribution in [1.29, 1.82) is 0 Å². The third kappa shape index (κ3) is 0.490. The van der Waals surface area contributed by atoms with E-state index in [9.17, 15) is 5.11 Å². The highest BCUT2D eigenvalue weighted by Gasteiger charge is 2.03. The fourth-order valence-electron chi connectivity index (χ4n) is 0.337. The van der Waals surface area contributed by atoms with E-state index in [1.807, 2.05) is 0 Å². The minimum Gasteiger partial charge on any atom is -0.347 e. The summed E-state index contributed by atoms with van der Waals surface area (Å²) in [6, 6.07) is 0. The van der Waals surface area contributed by atoms with Gasteiger partial charge in [-0.25, -0.2) is 5.11 Å². The SMILES string of the molecule is [O]C1CN=CN1. The number of nitrogens with zero attached hydrogens (tertiary/aromatic N) is 1. The molecule has 1 rings (SSSR count). The van der Waals surface area contributed by atoms with Crippen LogP contribution in [-0.4, -0.2) is 19.1 Å². The van der Waals surface area contributed by atoms with Gasteiger partial charge in [0, 0.05) is 0 Å². The third-order valence-corrected chi connectivity index (χ3v) is 0.623. The van der Waals surface area contributed by atoms with E-state index in [2.05, 4.69) is 10.3 Å². The summed E-state index contributed by atoms with van der Waals surface area (Å²) in [7, 11) is 0. The van der Waals surface area contributed by atoms with Gasteiger partial charge in [-0.2, -0.15) is 0 Å². The van der Waals surface area contributed by atoms with Crippen LogP contribution < -0.4 is 5.32 Å². The van der Waals surface area contributed by atoms with Crippen molar-refractivity contribution in [3.05, 3.63) is 0 Å². The molecule has 1 aliphatic heterocycles. The minimum absolute atomic E-state index is 0.389. The van der Waals surface area contributed by atoms with E-state index in [0.717, 1.165) is 0 Å². The summed E-state index contributed by atoms with van der Waals surface area (Å²) < 4.78 is 0. The summed E-state index contributed by atoms with van der Waals surface area (Å²) in [6.07, 6.45) is 0.766. The molecule has 0 aliphatic carbocycles. The molecule has 1 atom stereocenters. The van der Waals surface area contributed by atoms with E-state index < -0.39 is 6.23 Å². The van der Waals surface area contributed by atoms with Gasteiger partial charge < -0.3 is 5.32 Å².